The third-order valence-electron chi connectivity index (χ3n) is 5.66. The summed E-state index contributed by atoms with van der Waals surface area (Å²) < 4.78 is 0. The quantitative estimate of drug-likeness (QED) is 0.527. The lowest BCUT2D eigenvalue weighted by molar-refractivity contribution is -0.126. The number of amides is 2. The van der Waals surface area contributed by atoms with Gasteiger partial charge in [0.2, 0.25) is 11.8 Å². The largest absolute Gasteiger partial charge is 0.345 e. The minimum atomic E-state index is -0.587. The first kappa shape index (κ1) is 20.1. The number of fused-ring (bicyclic) bond motifs is 1. The Labute approximate surface area is 176 Å². The molecule has 6 heteroatoms. The number of rotatable bonds is 8. The van der Waals surface area contributed by atoms with Gasteiger partial charge in [-0.25, -0.2) is 4.98 Å². The smallest absolute Gasteiger partial charge is 0.246 e. The van der Waals surface area contributed by atoms with Crippen LogP contribution >= 0.6 is 0 Å². The zero-order valence-corrected chi connectivity index (χ0v) is 17.4. The summed E-state index contributed by atoms with van der Waals surface area (Å²) in [6, 6.07) is 15.2. The number of nitrogens with one attached hydrogen (secondary N) is 3. The molecule has 30 heavy (non-hydrogen) atoms. The highest BCUT2D eigenvalue weighted by Crippen LogP contribution is 2.48. The fourth-order valence-corrected chi connectivity index (χ4v) is 3.85. The van der Waals surface area contributed by atoms with E-state index in [1.807, 2.05) is 48.5 Å². The second-order valence-corrected chi connectivity index (χ2v) is 8.17. The van der Waals surface area contributed by atoms with E-state index in [0.29, 0.717) is 6.42 Å². The fourth-order valence-electron chi connectivity index (χ4n) is 3.85. The van der Waals surface area contributed by atoms with Gasteiger partial charge >= 0.3 is 0 Å². The number of aromatic amines is 1. The fraction of sp³-hybridized carbons (Fsp3) is 0.375. The number of anilines is 1. The number of aryl methyl sites for hydroxylation is 1. The van der Waals surface area contributed by atoms with E-state index in [2.05, 4.69) is 27.5 Å². The molecule has 1 heterocycles. The number of imidazole rings is 1. The molecule has 3 atom stereocenters. The highest BCUT2D eigenvalue weighted by molar-refractivity contribution is 5.96. The molecule has 0 spiro atoms. The predicted octanol–water partition coefficient (Wildman–Crippen LogP) is 4.15. The number of benzene rings is 2. The number of nitrogens with zero attached hydrogens (tertiary/aromatic N) is 1. The highest BCUT2D eigenvalue weighted by atomic mass is 16.2. The molecule has 0 bridgehead atoms. The van der Waals surface area contributed by atoms with Crippen molar-refractivity contribution in [2.45, 2.75) is 51.5 Å². The Morgan fingerprint density at radius 3 is 2.67 bits per heavy atom. The van der Waals surface area contributed by atoms with Gasteiger partial charge in [0.1, 0.15) is 11.9 Å². The second-order valence-electron chi connectivity index (χ2n) is 8.17. The molecular formula is C24H28N4O2. The van der Waals surface area contributed by atoms with Crippen LogP contribution in [0.25, 0.3) is 11.0 Å². The molecule has 0 saturated heterocycles. The van der Waals surface area contributed by atoms with Crippen molar-refractivity contribution in [1.82, 2.24) is 15.3 Å². The third kappa shape index (κ3) is 4.70. The Hall–Kier alpha value is -3.15. The van der Waals surface area contributed by atoms with Crippen LogP contribution in [0, 0.1) is 5.92 Å². The van der Waals surface area contributed by atoms with Crippen molar-refractivity contribution in [2.24, 2.45) is 5.92 Å². The molecule has 0 radical (unpaired) electrons. The monoisotopic (exact) mass is 404 g/mol. The van der Waals surface area contributed by atoms with Crippen LogP contribution in [-0.4, -0.2) is 27.8 Å². The molecule has 0 unspecified atom stereocenters. The minimum Gasteiger partial charge on any atom is -0.345 e. The number of hydrogen-bond donors (Lipinski definition) is 3. The van der Waals surface area contributed by atoms with Crippen LogP contribution in [0.5, 0.6) is 0 Å². The predicted molar refractivity (Wildman–Crippen MR) is 118 cm³/mol. The highest BCUT2D eigenvalue weighted by Gasteiger charge is 2.42. The number of para-hydroxylation sites is 2. The average Bonchev–Trinajstić information content (AvgIpc) is 3.35. The zero-order chi connectivity index (χ0) is 21.1. The van der Waals surface area contributed by atoms with Crippen LogP contribution in [-0.2, 0) is 16.0 Å². The molecule has 1 aliphatic carbocycles. The van der Waals surface area contributed by atoms with E-state index in [1.165, 1.54) is 5.56 Å². The van der Waals surface area contributed by atoms with E-state index in [0.717, 1.165) is 41.8 Å². The zero-order valence-electron chi connectivity index (χ0n) is 17.4. The SMILES string of the molecule is CCCc1ccc(NC(=O)[C@@H](C)NC(=O)C[C@H]2C[C@H]2c2nc3ccccc3[nH]2)cc1. The summed E-state index contributed by atoms with van der Waals surface area (Å²) in [6.07, 6.45) is 3.47. The van der Waals surface area contributed by atoms with Gasteiger partial charge in [-0.3, -0.25) is 9.59 Å². The van der Waals surface area contributed by atoms with Crippen LogP contribution < -0.4 is 10.6 Å². The standard InChI is InChI=1S/C24H28N4O2/c1-3-6-16-9-11-18(12-10-16)26-24(30)15(2)25-22(29)14-17-13-19(17)23-27-20-7-4-5-8-21(20)28-23/h4-5,7-12,15,17,19H,3,6,13-14H2,1-2H3,(H,25,29)(H,26,30)(H,27,28)/t15-,17-,19-/m1/s1. The molecule has 4 rings (SSSR count). The minimum absolute atomic E-state index is 0.0976. The summed E-state index contributed by atoms with van der Waals surface area (Å²) in [5.74, 6) is 1.20. The van der Waals surface area contributed by atoms with E-state index < -0.39 is 6.04 Å². The molecule has 0 aliphatic heterocycles. The summed E-state index contributed by atoms with van der Waals surface area (Å²) in [5, 5.41) is 5.69. The molecule has 2 aromatic carbocycles. The van der Waals surface area contributed by atoms with Gasteiger partial charge in [-0.15, -0.1) is 0 Å². The lowest BCUT2D eigenvalue weighted by Gasteiger charge is -2.14. The maximum Gasteiger partial charge on any atom is 0.246 e. The molecule has 1 aromatic heterocycles. The Kier molecular flexibility index (Phi) is 5.84. The van der Waals surface area contributed by atoms with Gasteiger partial charge < -0.3 is 15.6 Å². The van der Waals surface area contributed by atoms with E-state index in [-0.39, 0.29) is 23.7 Å². The number of carbonyl (C=O) groups excluding carboxylic acids is 2. The molecule has 156 valence electrons. The van der Waals surface area contributed by atoms with Gasteiger partial charge in [-0.1, -0.05) is 37.6 Å². The lowest BCUT2D eigenvalue weighted by atomic mass is 10.1. The first-order chi connectivity index (χ1) is 14.5. The van der Waals surface area contributed by atoms with Crippen molar-refractivity contribution < 1.29 is 9.59 Å². The number of aromatic nitrogens is 2. The van der Waals surface area contributed by atoms with Crippen molar-refractivity contribution in [2.75, 3.05) is 5.32 Å². The van der Waals surface area contributed by atoms with Crippen LogP contribution in [0.4, 0.5) is 5.69 Å². The van der Waals surface area contributed by atoms with Gasteiger partial charge in [0.15, 0.2) is 0 Å². The molecule has 3 aromatic rings. The topological polar surface area (TPSA) is 86.9 Å². The van der Waals surface area contributed by atoms with Crippen molar-refractivity contribution in [3.05, 3.63) is 59.9 Å². The number of H-pyrrole nitrogens is 1. The van der Waals surface area contributed by atoms with Crippen molar-refractivity contribution in [1.29, 1.82) is 0 Å². The first-order valence-corrected chi connectivity index (χ1v) is 10.7. The summed E-state index contributed by atoms with van der Waals surface area (Å²) >= 11 is 0. The van der Waals surface area contributed by atoms with Crippen LogP contribution in [0.15, 0.2) is 48.5 Å². The van der Waals surface area contributed by atoms with E-state index in [4.69, 9.17) is 0 Å². The second kappa shape index (κ2) is 8.69. The normalized spacial score (nSPS) is 18.7. The molecule has 2 amide bonds. The van der Waals surface area contributed by atoms with Gasteiger partial charge in [0, 0.05) is 18.0 Å². The van der Waals surface area contributed by atoms with Crippen molar-refractivity contribution >= 4 is 28.5 Å². The van der Waals surface area contributed by atoms with Crippen LogP contribution in [0.1, 0.15) is 50.4 Å². The molecule has 1 fully saturated rings. The van der Waals surface area contributed by atoms with Gasteiger partial charge in [-0.05, 0) is 55.5 Å². The summed E-state index contributed by atoms with van der Waals surface area (Å²) in [4.78, 5) is 32.8. The molecule has 1 saturated carbocycles. The van der Waals surface area contributed by atoms with E-state index in [9.17, 15) is 9.59 Å². The van der Waals surface area contributed by atoms with Gasteiger partial charge in [0.25, 0.3) is 0 Å². The molecule has 6 nitrogen and oxygen atoms in total. The van der Waals surface area contributed by atoms with E-state index in [1.54, 1.807) is 6.92 Å². The number of carbonyl (C=O) groups is 2. The summed E-state index contributed by atoms with van der Waals surface area (Å²) in [6.45, 7) is 3.85. The maximum absolute atomic E-state index is 12.4. The maximum atomic E-state index is 12.4. The Balaban J connectivity index is 1.25. The summed E-state index contributed by atoms with van der Waals surface area (Å²) in [7, 11) is 0. The van der Waals surface area contributed by atoms with Gasteiger partial charge in [0.05, 0.1) is 11.0 Å². The van der Waals surface area contributed by atoms with Crippen molar-refractivity contribution in [3.8, 4) is 0 Å². The molecular weight excluding hydrogens is 376 g/mol. The summed E-state index contributed by atoms with van der Waals surface area (Å²) in [5.41, 5.74) is 3.97. The van der Waals surface area contributed by atoms with Crippen molar-refractivity contribution in [3.63, 3.8) is 0 Å². The third-order valence-corrected chi connectivity index (χ3v) is 5.66. The van der Waals surface area contributed by atoms with Crippen LogP contribution in [0.2, 0.25) is 0 Å². The Bertz CT molecular complexity index is 1010. The molecule has 1 aliphatic rings. The van der Waals surface area contributed by atoms with E-state index >= 15 is 0 Å². The van der Waals surface area contributed by atoms with Gasteiger partial charge in [-0.2, -0.15) is 0 Å². The first-order valence-electron chi connectivity index (χ1n) is 10.7. The Morgan fingerprint density at radius 2 is 1.93 bits per heavy atom. The number of hydrogen-bond acceptors (Lipinski definition) is 3. The Morgan fingerprint density at radius 1 is 1.17 bits per heavy atom. The lowest BCUT2D eigenvalue weighted by Crippen LogP contribution is -2.41. The molecule has 3 N–H and O–H groups in total. The van der Waals surface area contributed by atoms with Crippen LogP contribution in [0.3, 0.4) is 0 Å². The average molecular weight is 405 g/mol.